The number of hydrogen-bond donors (Lipinski definition) is 0. The van der Waals surface area contributed by atoms with Gasteiger partial charge in [-0.05, 0) is 6.07 Å². The summed E-state index contributed by atoms with van der Waals surface area (Å²) in [7, 11) is 1.28. The van der Waals surface area contributed by atoms with Gasteiger partial charge < -0.3 is 4.74 Å². The monoisotopic (exact) mass is 195 g/mol. The zero-order chi connectivity index (χ0) is 10.4. The molecule has 1 aromatic rings. The van der Waals surface area contributed by atoms with Crippen molar-refractivity contribution in [2.24, 2.45) is 4.99 Å². The van der Waals surface area contributed by atoms with E-state index in [1.54, 1.807) is 18.2 Å². The van der Waals surface area contributed by atoms with Gasteiger partial charge in [-0.15, -0.1) is 0 Å². The number of nitrogens with zero attached hydrogens (tertiary/aromatic N) is 1. The van der Waals surface area contributed by atoms with Gasteiger partial charge in [-0.1, -0.05) is 18.2 Å². The Bertz CT molecular complexity index is 350. The molecule has 0 radical (unpaired) electrons. The summed E-state index contributed by atoms with van der Waals surface area (Å²) in [5.74, 6) is -0.807. The van der Waals surface area contributed by atoms with Gasteiger partial charge in [0.15, 0.2) is 0 Å². The highest BCUT2D eigenvalue weighted by molar-refractivity contribution is 5.82. The number of esters is 1. The minimum atomic E-state index is -0.447. The van der Waals surface area contributed by atoms with Gasteiger partial charge in [0.1, 0.15) is 12.4 Å². The summed E-state index contributed by atoms with van der Waals surface area (Å²) in [4.78, 5) is 14.4. The maximum atomic E-state index is 13.0. The lowest BCUT2D eigenvalue weighted by Crippen LogP contribution is -2.04. The van der Waals surface area contributed by atoms with Crippen molar-refractivity contribution < 1.29 is 13.9 Å². The molecule has 0 saturated carbocycles. The summed E-state index contributed by atoms with van der Waals surface area (Å²) in [5.41, 5.74) is 0.358. The predicted octanol–water partition coefficient (Wildman–Crippen LogP) is 1.42. The molecule has 14 heavy (non-hydrogen) atoms. The van der Waals surface area contributed by atoms with Crippen molar-refractivity contribution >= 4 is 12.2 Å². The van der Waals surface area contributed by atoms with E-state index in [1.165, 1.54) is 19.4 Å². The standard InChI is InChI=1S/C10H10FNO2/c1-14-10(13)7-12-6-8-4-2-3-5-9(8)11/h2-6H,7H2,1H3. The number of carbonyl (C=O) groups is 1. The maximum absolute atomic E-state index is 13.0. The quantitative estimate of drug-likeness (QED) is 0.540. The SMILES string of the molecule is COC(=O)CN=Cc1ccccc1F. The molecule has 0 amide bonds. The van der Waals surface area contributed by atoms with E-state index in [0.717, 1.165) is 0 Å². The Morgan fingerprint density at radius 1 is 1.57 bits per heavy atom. The summed E-state index contributed by atoms with van der Waals surface area (Å²) in [5, 5.41) is 0. The van der Waals surface area contributed by atoms with Gasteiger partial charge in [-0.2, -0.15) is 0 Å². The van der Waals surface area contributed by atoms with Crippen molar-refractivity contribution in [1.82, 2.24) is 0 Å². The van der Waals surface area contributed by atoms with E-state index in [-0.39, 0.29) is 12.4 Å². The lowest BCUT2D eigenvalue weighted by Gasteiger charge is -1.95. The van der Waals surface area contributed by atoms with Crippen LogP contribution in [0.15, 0.2) is 29.3 Å². The molecule has 0 aliphatic heterocycles. The Labute approximate surface area is 81.2 Å². The van der Waals surface area contributed by atoms with E-state index < -0.39 is 5.97 Å². The third-order valence-electron chi connectivity index (χ3n) is 1.58. The minimum absolute atomic E-state index is 0.0924. The predicted molar refractivity (Wildman–Crippen MR) is 50.9 cm³/mol. The van der Waals surface area contributed by atoms with Crippen LogP contribution in [-0.2, 0) is 9.53 Å². The van der Waals surface area contributed by atoms with E-state index >= 15 is 0 Å². The fourth-order valence-electron chi connectivity index (χ4n) is 0.863. The minimum Gasteiger partial charge on any atom is -0.468 e. The zero-order valence-electron chi connectivity index (χ0n) is 7.74. The van der Waals surface area contributed by atoms with Crippen LogP contribution in [0.5, 0.6) is 0 Å². The van der Waals surface area contributed by atoms with E-state index in [1.807, 2.05) is 0 Å². The molecule has 0 atom stereocenters. The van der Waals surface area contributed by atoms with E-state index in [0.29, 0.717) is 5.56 Å². The lowest BCUT2D eigenvalue weighted by atomic mass is 10.2. The molecule has 0 fully saturated rings. The summed E-state index contributed by atoms with van der Waals surface area (Å²) in [6, 6.07) is 6.20. The van der Waals surface area contributed by atoms with Crippen LogP contribution >= 0.6 is 0 Å². The van der Waals surface area contributed by atoms with Crippen LogP contribution in [0, 0.1) is 5.82 Å². The molecule has 0 spiro atoms. The molecule has 0 aromatic heterocycles. The Balaban J connectivity index is 2.60. The number of ether oxygens (including phenoxy) is 1. The second kappa shape index (κ2) is 5.11. The van der Waals surface area contributed by atoms with E-state index in [9.17, 15) is 9.18 Å². The number of halogens is 1. The third kappa shape index (κ3) is 2.97. The Kier molecular flexibility index (Phi) is 3.79. The largest absolute Gasteiger partial charge is 0.468 e. The van der Waals surface area contributed by atoms with Crippen molar-refractivity contribution in [3.63, 3.8) is 0 Å². The number of benzene rings is 1. The third-order valence-corrected chi connectivity index (χ3v) is 1.58. The molecule has 0 heterocycles. The summed E-state index contributed by atoms with van der Waals surface area (Å²) >= 11 is 0. The normalized spacial score (nSPS) is 10.4. The van der Waals surface area contributed by atoms with Gasteiger partial charge in [0, 0.05) is 11.8 Å². The Hall–Kier alpha value is -1.71. The van der Waals surface area contributed by atoms with Gasteiger partial charge in [0.05, 0.1) is 7.11 Å². The maximum Gasteiger partial charge on any atom is 0.327 e. The molecule has 0 saturated heterocycles. The summed E-state index contributed by atoms with van der Waals surface area (Å²) < 4.78 is 17.4. The van der Waals surface area contributed by atoms with Crippen LogP contribution in [0.1, 0.15) is 5.56 Å². The molecule has 0 N–H and O–H groups in total. The van der Waals surface area contributed by atoms with Crippen molar-refractivity contribution in [2.75, 3.05) is 13.7 Å². The average Bonchev–Trinajstić information content (AvgIpc) is 2.20. The van der Waals surface area contributed by atoms with Crippen molar-refractivity contribution in [3.05, 3.63) is 35.6 Å². The van der Waals surface area contributed by atoms with Crippen LogP contribution in [0.4, 0.5) is 4.39 Å². The van der Waals surface area contributed by atoms with Crippen LogP contribution in [0.2, 0.25) is 0 Å². The molecular weight excluding hydrogens is 185 g/mol. The molecule has 0 aliphatic carbocycles. The zero-order valence-corrected chi connectivity index (χ0v) is 7.74. The summed E-state index contributed by atoms with van der Waals surface area (Å²) in [6.07, 6.45) is 1.31. The fraction of sp³-hybridized carbons (Fsp3) is 0.200. The Morgan fingerprint density at radius 3 is 2.93 bits per heavy atom. The van der Waals surface area contributed by atoms with Crippen LogP contribution < -0.4 is 0 Å². The number of methoxy groups -OCH3 is 1. The number of carbonyl (C=O) groups excluding carboxylic acids is 1. The molecule has 4 heteroatoms. The van der Waals surface area contributed by atoms with Gasteiger partial charge in [-0.3, -0.25) is 9.79 Å². The smallest absolute Gasteiger partial charge is 0.327 e. The second-order valence-corrected chi connectivity index (χ2v) is 2.57. The topological polar surface area (TPSA) is 38.7 Å². The van der Waals surface area contributed by atoms with Gasteiger partial charge in [-0.25, -0.2) is 4.39 Å². The lowest BCUT2D eigenvalue weighted by molar-refractivity contribution is -0.138. The molecule has 0 aliphatic rings. The van der Waals surface area contributed by atoms with Crippen molar-refractivity contribution in [1.29, 1.82) is 0 Å². The Morgan fingerprint density at radius 2 is 2.29 bits per heavy atom. The first-order valence-corrected chi connectivity index (χ1v) is 4.05. The average molecular weight is 195 g/mol. The van der Waals surface area contributed by atoms with Crippen molar-refractivity contribution in [3.8, 4) is 0 Å². The van der Waals surface area contributed by atoms with Crippen molar-refractivity contribution in [2.45, 2.75) is 0 Å². The second-order valence-electron chi connectivity index (χ2n) is 2.57. The van der Waals surface area contributed by atoms with Crippen LogP contribution in [0.25, 0.3) is 0 Å². The molecule has 1 rings (SSSR count). The highest BCUT2D eigenvalue weighted by atomic mass is 19.1. The first-order valence-electron chi connectivity index (χ1n) is 4.05. The highest BCUT2D eigenvalue weighted by Crippen LogP contribution is 2.02. The van der Waals surface area contributed by atoms with Gasteiger partial charge >= 0.3 is 5.97 Å². The first kappa shape index (κ1) is 10.4. The van der Waals surface area contributed by atoms with E-state index in [2.05, 4.69) is 9.73 Å². The number of hydrogen-bond acceptors (Lipinski definition) is 3. The highest BCUT2D eigenvalue weighted by Gasteiger charge is 1.98. The fourth-order valence-corrected chi connectivity index (χ4v) is 0.863. The van der Waals surface area contributed by atoms with Gasteiger partial charge in [0.25, 0.3) is 0 Å². The molecular formula is C10H10FNO2. The number of rotatable bonds is 3. The molecule has 0 unspecified atom stereocenters. The molecule has 0 bridgehead atoms. The van der Waals surface area contributed by atoms with Gasteiger partial charge in [0.2, 0.25) is 0 Å². The molecule has 1 aromatic carbocycles. The molecule has 3 nitrogen and oxygen atoms in total. The first-order chi connectivity index (χ1) is 6.74. The van der Waals surface area contributed by atoms with E-state index in [4.69, 9.17) is 0 Å². The summed E-state index contributed by atoms with van der Waals surface area (Å²) in [6.45, 7) is -0.0924. The van der Waals surface area contributed by atoms with Crippen LogP contribution in [0.3, 0.4) is 0 Å². The van der Waals surface area contributed by atoms with Crippen LogP contribution in [-0.4, -0.2) is 25.8 Å². The molecule has 74 valence electrons. The number of aliphatic imine (C=N–C) groups is 1.